The average molecular weight is 287 g/mol. The van der Waals surface area contributed by atoms with Crippen molar-refractivity contribution in [2.45, 2.75) is 18.9 Å². The zero-order valence-corrected chi connectivity index (χ0v) is 11.5. The number of rotatable bonds is 3. The van der Waals surface area contributed by atoms with E-state index in [2.05, 4.69) is 10.2 Å². The maximum atomic E-state index is 12.0. The first-order chi connectivity index (χ1) is 10.2. The van der Waals surface area contributed by atoms with Gasteiger partial charge >= 0.3 is 6.09 Å². The lowest BCUT2D eigenvalue weighted by molar-refractivity contribution is 0.104. The molecule has 0 spiro atoms. The van der Waals surface area contributed by atoms with Crippen LogP contribution in [0.4, 0.5) is 4.79 Å². The Balaban J connectivity index is 1.53. The number of carbonyl (C=O) groups is 1. The molecule has 1 atom stereocenters. The lowest BCUT2D eigenvalue weighted by Crippen LogP contribution is -2.29. The minimum Gasteiger partial charge on any atom is -0.445 e. The fraction of sp³-hybridized carbons (Fsp3) is 0.333. The van der Waals surface area contributed by atoms with Crippen molar-refractivity contribution in [2.75, 3.05) is 13.1 Å². The highest BCUT2D eigenvalue weighted by molar-refractivity contribution is 5.68. The van der Waals surface area contributed by atoms with Gasteiger partial charge in [0.1, 0.15) is 6.61 Å². The van der Waals surface area contributed by atoms with Gasteiger partial charge in [-0.2, -0.15) is 0 Å². The Bertz CT molecular complexity index is 662. The van der Waals surface area contributed by atoms with Crippen molar-refractivity contribution in [1.82, 2.24) is 15.1 Å². The normalized spacial score (nSPS) is 17.9. The highest BCUT2D eigenvalue weighted by Gasteiger charge is 2.29. The Morgan fingerprint density at radius 2 is 2.10 bits per heavy atom. The van der Waals surface area contributed by atoms with Gasteiger partial charge in [0.25, 0.3) is 5.56 Å². The molecule has 3 rings (SSSR count). The van der Waals surface area contributed by atoms with Crippen LogP contribution >= 0.6 is 0 Å². The molecular weight excluding hydrogens is 270 g/mol. The van der Waals surface area contributed by atoms with Gasteiger partial charge in [-0.25, -0.2) is 4.79 Å². The number of ether oxygens (including phenoxy) is 1. The average Bonchev–Trinajstić information content (AvgIpc) is 3.14. The van der Waals surface area contributed by atoms with Gasteiger partial charge < -0.3 is 14.7 Å². The van der Waals surface area contributed by atoms with E-state index in [-0.39, 0.29) is 24.2 Å². The van der Waals surface area contributed by atoms with Crippen LogP contribution in [0.5, 0.6) is 0 Å². The van der Waals surface area contributed by atoms with Crippen LogP contribution in [0.25, 0.3) is 0 Å². The smallest absolute Gasteiger partial charge is 0.410 e. The second-order valence-electron chi connectivity index (χ2n) is 5.19. The quantitative estimate of drug-likeness (QED) is 0.904. The van der Waals surface area contributed by atoms with Crippen molar-refractivity contribution < 1.29 is 9.53 Å². The molecule has 2 N–H and O–H groups in total. The third-order valence-electron chi connectivity index (χ3n) is 3.71. The second-order valence-corrected chi connectivity index (χ2v) is 5.19. The van der Waals surface area contributed by atoms with Crippen molar-refractivity contribution >= 4 is 6.09 Å². The Morgan fingerprint density at radius 3 is 2.81 bits per heavy atom. The number of aromatic nitrogens is 2. The Kier molecular flexibility index (Phi) is 3.77. The molecule has 6 nitrogen and oxygen atoms in total. The van der Waals surface area contributed by atoms with Crippen molar-refractivity contribution in [3.05, 3.63) is 58.0 Å². The standard InChI is InChI=1S/C15H17N3O3/c19-14-8-13(16-17-14)12-6-7-18(9-12)15(20)21-10-11-4-2-1-3-5-11/h1-5,8,12H,6-7,9-10H2,(H2,16,17,19). The summed E-state index contributed by atoms with van der Waals surface area (Å²) < 4.78 is 5.31. The summed E-state index contributed by atoms with van der Waals surface area (Å²) in [5.41, 5.74) is 1.67. The summed E-state index contributed by atoms with van der Waals surface area (Å²) in [4.78, 5) is 24.8. The Hall–Kier alpha value is -2.50. The molecule has 21 heavy (non-hydrogen) atoms. The first-order valence-corrected chi connectivity index (χ1v) is 6.95. The number of hydrogen-bond donors (Lipinski definition) is 2. The van der Waals surface area contributed by atoms with Gasteiger partial charge in [0.15, 0.2) is 0 Å². The van der Waals surface area contributed by atoms with E-state index in [1.165, 1.54) is 0 Å². The topological polar surface area (TPSA) is 78.2 Å². The van der Waals surface area contributed by atoms with E-state index < -0.39 is 0 Å². The molecule has 1 aliphatic rings. The van der Waals surface area contributed by atoms with Crippen molar-refractivity contribution in [3.63, 3.8) is 0 Å². The van der Waals surface area contributed by atoms with E-state index in [1.54, 1.807) is 11.0 Å². The van der Waals surface area contributed by atoms with Gasteiger partial charge in [0.2, 0.25) is 0 Å². The predicted octanol–water partition coefficient (Wildman–Crippen LogP) is 1.83. The molecule has 1 saturated heterocycles. The molecular formula is C15H17N3O3. The van der Waals surface area contributed by atoms with Gasteiger partial charge in [-0.3, -0.25) is 9.89 Å². The maximum absolute atomic E-state index is 12.0. The van der Waals surface area contributed by atoms with Crippen molar-refractivity contribution in [2.24, 2.45) is 0 Å². The van der Waals surface area contributed by atoms with Crippen molar-refractivity contribution in [1.29, 1.82) is 0 Å². The molecule has 0 aliphatic carbocycles. The lowest BCUT2D eigenvalue weighted by atomic mass is 10.1. The summed E-state index contributed by atoms with van der Waals surface area (Å²) >= 11 is 0. The first kappa shape index (κ1) is 13.5. The first-order valence-electron chi connectivity index (χ1n) is 6.95. The fourth-order valence-electron chi connectivity index (χ4n) is 2.56. The Morgan fingerprint density at radius 1 is 1.29 bits per heavy atom. The highest BCUT2D eigenvalue weighted by Crippen LogP contribution is 2.25. The zero-order chi connectivity index (χ0) is 14.7. The summed E-state index contributed by atoms with van der Waals surface area (Å²) in [6.07, 6.45) is 0.521. The van der Waals surface area contributed by atoms with Gasteiger partial charge in [-0.1, -0.05) is 30.3 Å². The van der Waals surface area contributed by atoms with Gasteiger partial charge in [0, 0.05) is 30.8 Å². The highest BCUT2D eigenvalue weighted by atomic mass is 16.6. The number of H-pyrrole nitrogens is 2. The molecule has 1 fully saturated rings. The summed E-state index contributed by atoms with van der Waals surface area (Å²) in [6.45, 7) is 1.49. The van der Waals surface area contributed by atoms with Crippen LogP contribution in [-0.4, -0.2) is 34.3 Å². The van der Waals surface area contributed by atoms with Gasteiger partial charge in [0.05, 0.1) is 0 Å². The molecule has 0 radical (unpaired) electrons. The summed E-state index contributed by atoms with van der Waals surface area (Å²) in [5, 5.41) is 5.37. The van der Waals surface area contributed by atoms with E-state index >= 15 is 0 Å². The molecule has 0 saturated carbocycles. The van der Waals surface area contributed by atoms with Crippen LogP contribution in [0.15, 0.2) is 41.2 Å². The number of aromatic amines is 2. The van der Waals surface area contributed by atoms with Crippen LogP contribution in [0.2, 0.25) is 0 Å². The number of amides is 1. The number of nitrogens with one attached hydrogen (secondary N) is 2. The monoisotopic (exact) mass is 287 g/mol. The molecule has 2 aromatic rings. The Labute approximate surface area is 121 Å². The third kappa shape index (κ3) is 3.16. The van der Waals surface area contributed by atoms with Crippen LogP contribution in [-0.2, 0) is 11.3 Å². The number of nitrogens with zero attached hydrogens (tertiary/aromatic N) is 1. The lowest BCUT2D eigenvalue weighted by Gasteiger charge is -2.16. The van der Waals surface area contributed by atoms with Crippen LogP contribution in [0.3, 0.4) is 0 Å². The van der Waals surface area contributed by atoms with Crippen LogP contribution in [0, 0.1) is 0 Å². The van der Waals surface area contributed by atoms with Crippen LogP contribution in [0.1, 0.15) is 23.6 Å². The van der Waals surface area contributed by atoms with E-state index in [0.717, 1.165) is 17.7 Å². The molecule has 1 unspecified atom stereocenters. The summed E-state index contributed by atoms with van der Waals surface area (Å²) in [5.74, 6) is 0.160. The van der Waals surface area contributed by atoms with E-state index in [4.69, 9.17) is 4.74 Å². The summed E-state index contributed by atoms with van der Waals surface area (Å²) in [7, 11) is 0. The second kappa shape index (κ2) is 5.87. The molecule has 6 heteroatoms. The van der Waals surface area contributed by atoms with E-state index in [9.17, 15) is 9.59 Å². The number of likely N-dealkylation sites (tertiary alicyclic amines) is 1. The molecule has 110 valence electrons. The van der Waals surface area contributed by atoms with E-state index in [1.807, 2.05) is 30.3 Å². The minimum absolute atomic E-state index is 0.143. The number of benzene rings is 1. The molecule has 1 aliphatic heterocycles. The number of hydrogen-bond acceptors (Lipinski definition) is 3. The predicted molar refractivity (Wildman–Crippen MR) is 77.0 cm³/mol. The fourth-order valence-corrected chi connectivity index (χ4v) is 2.56. The minimum atomic E-state index is -0.306. The maximum Gasteiger partial charge on any atom is 0.410 e. The van der Waals surface area contributed by atoms with E-state index in [0.29, 0.717) is 13.1 Å². The molecule has 2 heterocycles. The third-order valence-corrected chi connectivity index (χ3v) is 3.71. The SMILES string of the molecule is O=C(OCc1ccccc1)N1CCC(c2cc(=O)[nH][nH]2)C1. The number of carbonyl (C=O) groups excluding carboxylic acids is 1. The van der Waals surface area contributed by atoms with Crippen LogP contribution < -0.4 is 5.56 Å². The molecule has 0 bridgehead atoms. The molecule has 1 aromatic carbocycles. The van der Waals surface area contributed by atoms with Crippen molar-refractivity contribution in [3.8, 4) is 0 Å². The summed E-state index contributed by atoms with van der Waals surface area (Å²) in [6, 6.07) is 11.1. The van der Waals surface area contributed by atoms with Gasteiger partial charge in [-0.05, 0) is 12.0 Å². The van der Waals surface area contributed by atoms with Gasteiger partial charge in [-0.15, -0.1) is 0 Å². The zero-order valence-electron chi connectivity index (χ0n) is 11.5. The molecule has 1 amide bonds. The molecule has 1 aromatic heterocycles. The largest absolute Gasteiger partial charge is 0.445 e.